The predicted octanol–water partition coefficient (Wildman–Crippen LogP) is 0.140. The molecule has 2 aliphatic heterocycles. The molecule has 11 heteroatoms. The van der Waals surface area contributed by atoms with E-state index in [-0.39, 0.29) is 17.0 Å². The number of rotatable bonds is 4. The number of nitrogens with one attached hydrogen (secondary N) is 2. The topological polar surface area (TPSA) is 128 Å². The number of aromatic nitrogens is 3. The van der Waals surface area contributed by atoms with Gasteiger partial charge in [-0.1, -0.05) is 24.0 Å². The average Bonchev–Trinajstić information content (AvgIpc) is 2.88. The largest absolute Gasteiger partial charge is 0.477 e. The van der Waals surface area contributed by atoms with Crippen molar-refractivity contribution in [2.24, 2.45) is 5.73 Å². The quantitative estimate of drug-likeness (QED) is 0.345. The van der Waals surface area contributed by atoms with Crippen molar-refractivity contribution >= 4 is 47.6 Å². The van der Waals surface area contributed by atoms with Crippen LogP contribution in [0.4, 0.5) is 0 Å². The van der Waals surface area contributed by atoms with Crippen LogP contribution in [-0.2, 0) is 9.59 Å². The molecule has 3 heterocycles. The summed E-state index contributed by atoms with van der Waals surface area (Å²) in [6, 6.07) is -0.612. The number of H-pyrrole nitrogens is 2. The fourth-order valence-corrected chi connectivity index (χ4v) is 4.71. The summed E-state index contributed by atoms with van der Waals surface area (Å²) in [5.41, 5.74) is 6.41. The first-order chi connectivity index (χ1) is 10.0. The molecule has 3 rings (SSSR count). The van der Waals surface area contributed by atoms with E-state index in [1.807, 2.05) is 0 Å². The van der Waals surface area contributed by atoms with Crippen molar-refractivity contribution in [3.8, 4) is 0 Å². The molecule has 1 aromatic heterocycles. The monoisotopic (exact) mass is 345 g/mol. The summed E-state index contributed by atoms with van der Waals surface area (Å²) in [5, 5.41) is 18.9. The minimum absolute atomic E-state index is 0.0448. The van der Waals surface area contributed by atoms with Crippen molar-refractivity contribution in [2.75, 3.05) is 11.5 Å². The Morgan fingerprint density at radius 1 is 1.67 bits per heavy atom. The molecule has 1 amide bonds. The van der Waals surface area contributed by atoms with Crippen LogP contribution in [0.3, 0.4) is 0 Å². The highest BCUT2D eigenvalue weighted by Gasteiger charge is 2.51. The van der Waals surface area contributed by atoms with Gasteiger partial charge in [-0.15, -0.1) is 16.9 Å². The average molecular weight is 345 g/mol. The number of carbonyl (C=O) groups is 2. The zero-order valence-corrected chi connectivity index (χ0v) is 13.0. The van der Waals surface area contributed by atoms with E-state index >= 15 is 0 Å². The van der Waals surface area contributed by atoms with Gasteiger partial charge in [0.1, 0.15) is 17.1 Å². The summed E-state index contributed by atoms with van der Waals surface area (Å²) in [4.78, 5) is 24.5. The molecule has 0 radical (unpaired) electrons. The van der Waals surface area contributed by atoms with Gasteiger partial charge in [-0.05, 0) is 5.57 Å². The zero-order chi connectivity index (χ0) is 15.1. The molecule has 1 fully saturated rings. The Balaban J connectivity index is 1.84. The highest BCUT2D eigenvalue weighted by molar-refractivity contribution is 8.01. The second-order valence-corrected chi connectivity index (χ2v) is 6.94. The number of β-lactam (4-membered cyclic amide) rings is 1. The Hall–Kier alpha value is -1.30. The van der Waals surface area contributed by atoms with E-state index in [1.54, 1.807) is 0 Å². The number of carboxylic acid groups (broad SMARTS) is 1. The first-order valence-electron chi connectivity index (χ1n) is 5.92. The number of aliphatic carboxylic acids is 1. The third-order valence-electron chi connectivity index (χ3n) is 3.20. The van der Waals surface area contributed by atoms with Gasteiger partial charge in [-0.25, -0.2) is 10.0 Å². The number of carboxylic acids is 1. The summed E-state index contributed by atoms with van der Waals surface area (Å²) in [6.45, 7) is 0. The van der Waals surface area contributed by atoms with Crippen molar-refractivity contribution in [3.63, 3.8) is 0 Å². The molecule has 0 saturated carbocycles. The first-order valence-corrected chi connectivity index (χ1v) is 8.36. The van der Waals surface area contributed by atoms with Crippen molar-refractivity contribution in [1.82, 2.24) is 20.3 Å². The second-order valence-electron chi connectivity index (χ2n) is 4.46. The lowest BCUT2D eigenvalue weighted by atomic mass is 10.0. The lowest BCUT2D eigenvalue weighted by Crippen LogP contribution is -2.68. The van der Waals surface area contributed by atoms with Gasteiger partial charge in [0.05, 0.1) is 0 Å². The predicted molar refractivity (Wildman–Crippen MR) is 80.2 cm³/mol. The summed E-state index contributed by atoms with van der Waals surface area (Å²) in [5.74, 6) is -0.520. The molecule has 1 saturated heterocycles. The molecule has 1 unspecified atom stereocenters. The number of hydrogen-bond donors (Lipinski definition) is 4. The zero-order valence-electron chi connectivity index (χ0n) is 10.5. The molecule has 1 aromatic rings. The molecule has 21 heavy (non-hydrogen) atoms. The molecular formula is C10H11N5O3S3. The van der Waals surface area contributed by atoms with E-state index in [2.05, 4.69) is 15.4 Å². The molecule has 0 bridgehead atoms. The van der Waals surface area contributed by atoms with Gasteiger partial charge in [0.2, 0.25) is 5.91 Å². The highest BCUT2D eigenvalue weighted by Crippen LogP contribution is 2.40. The Labute approximate surface area is 132 Å². The molecule has 2 atom stereocenters. The van der Waals surface area contributed by atoms with Crippen molar-refractivity contribution in [3.05, 3.63) is 15.9 Å². The van der Waals surface area contributed by atoms with E-state index in [0.29, 0.717) is 26.7 Å². The van der Waals surface area contributed by atoms with E-state index in [9.17, 15) is 14.7 Å². The Morgan fingerprint density at radius 2 is 2.43 bits per heavy atom. The maximum Gasteiger partial charge on any atom is 0.352 e. The fourth-order valence-electron chi connectivity index (χ4n) is 2.18. The Bertz CT molecular complexity index is 696. The molecule has 5 N–H and O–H groups in total. The number of thioether (sulfide) groups is 2. The second kappa shape index (κ2) is 5.48. The van der Waals surface area contributed by atoms with Crippen LogP contribution in [-0.4, -0.2) is 60.2 Å². The molecule has 0 spiro atoms. The number of hydrogen-bond acceptors (Lipinski definition) is 7. The molecule has 8 nitrogen and oxygen atoms in total. The highest BCUT2D eigenvalue weighted by atomic mass is 32.2. The summed E-state index contributed by atoms with van der Waals surface area (Å²) < 4.78 is 0.473. The minimum atomic E-state index is -1.11. The van der Waals surface area contributed by atoms with Crippen molar-refractivity contribution in [1.29, 1.82) is 0 Å². The smallest absolute Gasteiger partial charge is 0.352 e. The van der Waals surface area contributed by atoms with Crippen molar-refractivity contribution in [2.45, 2.75) is 16.4 Å². The number of nitrogens with two attached hydrogens (primary N) is 1. The first kappa shape index (κ1) is 14.6. The minimum Gasteiger partial charge on any atom is -0.477 e. The van der Waals surface area contributed by atoms with Crippen LogP contribution in [0.2, 0.25) is 0 Å². The van der Waals surface area contributed by atoms with E-state index in [4.69, 9.17) is 18.0 Å². The van der Waals surface area contributed by atoms with E-state index < -0.39 is 12.0 Å². The van der Waals surface area contributed by atoms with Crippen LogP contribution in [0.5, 0.6) is 0 Å². The number of carbonyl (C=O) groups excluding carboxylic acids is 1. The maximum absolute atomic E-state index is 11.8. The standard InChI is InChI=1S/C10H11N5O3S3/c11-4-8(16)15-5(10(17)18)3(2-21-9(4)15)1-20-7-6(19)12-14-13-7/h4,9H,1-2,11H2,(H,17,18)(H2,12,13,14,19)/t4?,9-/m1/s1. The normalized spacial score (nSPS) is 24.8. The molecule has 0 aliphatic carbocycles. The van der Waals surface area contributed by atoms with Crippen LogP contribution in [0.15, 0.2) is 16.3 Å². The number of fused-ring (bicyclic) bond motifs is 1. The Kier molecular flexibility index (Phi) is 3.82. The molecule has 112 valence electrons. The van der Waals surface area contributed by atoms with Gasteiger partial charge >= 0.3 is 5.97 Å². The number of aromatic amines is 2. The SMILES string of the molecule is NC1C(=O)N2C(C(=O)O)=C(CSc3n[nH][nH]c3=S)CS[C@H]12. The maximum atomic E-state index is 11.8. The van der Waals surface area contributed by atoms with Crippen LogP contribution in [0.25, 0.3) is 0 Å². The van der Waals surface area contributed by atoms with Gasteiger partial charge in [0.25, 0.3) is 0 Å². The molecule has 0 aromatic carbocycles. The lowest BCUT2D eigenvalue weighted by Gasteiger charge is -2.48. The van der Waals surface area contributed by atoms with Gasteiger partial charge in [0.15, 0.2) is 9.67 Å². The Morgan fingerprint density at radius 3 is 3.05 bits per heavy atom. The van der Waals surface area contributed by atoms with Crippen molar-refractivity contribution < 1.29 is 14.7 Å². The van der Waals surface area contributed by atoms with Gasteiger partial charge in [-0.3, -0.25) is 14.8 Å². The van der Waals surface area contributed by atoms with Gasteiger partial charge in [-0.2, -0.15) is 0 Å². The van der Waals surface area contributed by atoms with Crippen LogP contribution < -0.4 is 5.73 Å². The number of amides is 1. The van der Waals surface area contributed by atoms with Gasteiger partial charge in [0, 0.05) is 11.5 Å². The van der Waals surface area contributed by atoms with E-state index in [1.165, 1.54) is 28.4 Å². The number of nitrogens with zero attached hydrogens (tertiary/aromatic N) is 2. The van der Waals surface area contributed by atoms with Gasteiger partial charge < -0.3 is 10.8 Å². The molecular weight excluding hydrogens is 334 g/mol. The van der Waals surface area contributed by atoms with E-state index in [0.717, 1.165) is 0 Å². The summed E-state index contributed by atoms with van der Waals surface area (Å²) in [6.07, 6.45) is 0. The third kappa shape index (κ3) is 2.39. The van der Waals surface area contributed by atoms with Crippen LogP contribution in [0, 0.1) is 4.64 Å². The lowest BCUT2D eigenvalue weighted by molar-refractivity contribution is -0.147. The summed E-state index contributed by atoms with van der Waals surface area (Å²) >= 11 is 7.84. The summed E-state index contributed by atoms with van der Waals surface area (Å²) in [7, 11) is 0. The fraction of sp³-hybridized carbons (Fsp3) is 0.400. The third-order valence-corrected chi connectivity index (χ3v) is 6.04. The van der Waals surface area contributed by atoms with Crippen LogP contribution >= 0.6 is 35.7 Å². The molecule has 2 aliphatic rings. The van der Waals surface area contributed by atoms with Crippen LogP contribution in [0.1, 0.15) is 0 Å².